The van der Waals surface area contributed by atoms with E-state index in [4.69, 9.17) is 0 Å². The average Bonchev–Trinajstić information content (AvgIpc) is 3.43. The number of hydrogen-bond acceptors (Lipinski definition) is 4. The van der Waals surface area contributed by atoms with Crippen LogP contribution in [-0.4, -0.2) is 56.6 Å². The second kappa shape index (κ2) is 7.58. The van der Waals surface area contributed by atoms with E-state index < -0.39 is 0 Å². The van der Waals surface area contributed by atoms with Gasteiger partial charge in [0.05, 0.1) is 0 Å². The third-order valence-electron chi connectivity index (χ3n) is 5.58. The van der Waals surface area contributed by atoms with E-state index in [9.17, 15) is 4.79 Å². The molecule has 4 rings (SSSR count). The van der Waals surface area contributed by atoms with Crippen LogP contribution in [0.2, 0.25) is 0 Å². The Bertz CT molecular complexity index is 740. The molecule has 0 aromatic carbocycles. The molecule has 0 unspecified atom stereocenters. The lowest BCUT2D eigenvalue weighted by molar-refractivity contribution is 0.0564. The fourth-order valence-corrected chi connectivity index (χ4v) is 3.87. The van der Waals surface area contributed by atoms with Gasteiger partial charge in [0, 0.05) is 49.7 Å². The fraction of sp³-hybridized carbons (Fsp3) is 0.550. The van der Waals surface area contributed by atoms with Gasteiger partial charge in [-0.1, -0.05) is 6.92 Å². The standard InChI is InChI=1S/C20H27N5O/c1-2-24(13-15-7-9-21-10-8-15)17-4-3-11-25(14-17)20(26)19-12-18(22-23-19)16-5-6-16/h7-10,12,16-17H,2-6,11,13-14H2,1H3,(H,22,23)/t17-/m0/s1. The van der Waals surface area contributed by atoms with Crippen molar-refractivity contribution in [1.82, 2.24) is 25.0 Å². The number of likely N-dealkylation sites (N-methyl/N-ethyl adjacent to an activating group) is 1. The maximum absolute atomic E-state index is 12.9. The molecule has 2 aromatic rings. The van der Waals surface area contributed by atoms with Crippen molar-refractivity contribution in [2.24, 2.45) is 0 Å². The van der Waals surface area contributed by atoms with Crippen LogP contribution in [0.3, 0.4) is 0 Å². The molecule has 6 nitrogen and oxygen atoms in total. The average molecular weight is 353 g/mol. The Morgan fingerprint density at radius 2 is 2.12 bits per heavy atom. The van der Waals surface area contributed by atoms with Gasteiger partial charge in [0.15, 0.2) is 0 Å². The second-order valence-corrected chi connectivity index (χ2v) is 7.45. The van der Waals surface area contributed by atoms with Crippen molar-refractivity contribution >= 4 is 5.91 Å². The first-order valence-corrected chi connectivity index (χ1v) is 9.72. The van der Waals surface area contributed by atoms with Crippen LogP contribution >= 0.6 is 0 Å². The van der Waals surface area contributed by atoms with Gasteiger partial charge in [-0.25, -0.2) is 0 Å². The van der Waals surface area contributed by atoms with Crippen LogP contribution in [0.15, 0.2) is 30.6 Å². The van der Waals surface area contributed by atoms with Crippen molar-refractivity contribution in [1.29, 1.82) is 0 Å². The largest absolute Gasteiger partial charge is 0.336 e. The predicted molar refractivity (Wildman–Crippen MR) is 99.8 cm³/mol. The summed E-state index contributed by atoms with van der Waals surface area (Å²) < 4.78 is 0. The molecule has 1 aliphatic heterocycles. The molecule has 2 aliphatic rings. The van der Waals surface area contributed by atoms with Gasteiger partial charge in [-0.15, -0.1) is 0 Å². The second-order valence-electron chi connectivity index (χ2n) is 7.45. The summed E-state index contributed by atoms with van der Waals surface area (Å²) in [5.74, 6) is 0.659. The van der Waals surface area contributed by atoms with Crippen molar-refractivity contribution in [2.75, 3.05) is 19.6 Å². The third kappa shape index (κ3) is 3.80. The summed E-state index contributed by atoms with van der Waals surface area (Å²) in [7, 11) is 0. The number of nitrogens with one attached hydrogen (secondary N) is 1. The van der Waals surface area contributed by atoms with Gasteiger partial charge in [0.25, 0.3) is 5.91 Å². The Morgan fingerprint density at radius 1 is 1.31 bits per heavy atom. The minimum absolute atomic E-state index is 0.0674. The zero-order chi connectivity index (χ0) is 17.9. The molecule has 1 saturated heterocycles. The Balaban J connectivity index is 1.41. The SMILES string of the molecule is CCN(Cc1ccncc1)[C@H]1CCCN(C(=O)c2cc(C3CC3)[nH]n2)C1. The highest BCUT2D eigenvalue weighted by molar-refractivity contribution is 5.92. The molecule has 1 aliphatic carbocycles. The van der Waals surface area contributed by atoms with E-state index >= 15 is 0 Å². The molecule has 1 N–H and O–H groups in total. The van der Waals surface area contributed by atoms with Crippen LogP contribution < -0.4 is 0 Å². The normalized spacial score (nSPS) is 20.5. The van der Waals surface area contributed by atoms with Crippen LogP contribution in [-0.2, 0) is 6.54 Å². The number of pyridine rings is 1. The number of carbonyl (C=O) groups is 1. The van der Waals surface area contributed by atoms with Gasteiger partial charge in [-0.3, -0.25) is 19.8 Å². The van der Waals surface area contributed by atoms with Crippen molar-refractivity contribution in [3.63, 3.8) is 0 Å². The highest BCUT2D eigenvalue weighted by Crippen LogP contribution is 2.39. The predicted octanol–water partition coefficient (Wildman–Crippen LogP) is 2.81. The first kappa shape index (κ1) is 17.2. The topological polar surface area (TPSA) is 65.1 Å². The summed E-state index contributed by atoms with van der Waals surface area (Å²) in [6, 6.07) is 6.49. The first-order valence-electron chi connectivity index (χ1n) is 9.72. The summed E-state index contributed by atoms with van der Waals surface area (Å²) in [6.45, 7) is 5.68. The fourth-order valence-electron chi connectivity index (χ4n) is 3.87. The lowest BCUT2D eigenvalue weighted by atomic mass is 10.0. The Labute approximate surface area is 154 Å². The summed E-state index contributed by atoms with van der Waals surface area (Å²) in [5, 5.41) is 7.33. The number of aromatic nitrogens is 3. The summed E-state index contributed by atoms with van der Waals surface area (Å²) in [5.41, 5.74) is 2.96. The van der Waals surface area contributed by atoms with Crippen molar-refractivity contribution in [2.45, 2.75) is 51.1 Å². The van der Waals surface area contributed by atoms with Crippen LogP contribution in [0.25, 0.3) is 0 Å². The number of piperidine rings is 1. The highest BCUT2D eigenvalue weighted by atomic mass is 16.2. The summed E-state index contributed by atoms with van der Waals surface area (Å²) in [6.07, 6.45) is 8.29. The van der Waals surface area contributed by atoms with Crippen LogP contribution in [0, 0.1) is 0 Å². The summed E-state index contributed by atoms with van der Waals surface area (Å²) in [4.78, 5) is 21.4. The molecule has 6 heteroatoms. The number of likely N-dealkylation sites (tertiary alicyclic amines) is 1. The van der Waals surface area contributed by atoms with Crippen molar-refractivity contribution < 1.29 is 4.79 Å². The Kier molecular flexibility index (Phi) is 5.02. The molecule has 1 amide bonds. The van der Waals surface area contributed by atoms with Gasteiger partial charge < -0.3 is 4.90 Å². The molecule has 1 atom stereocenters. The molecule has 138 valence electrons. The van der Waals surface area contributed by atoms with E-state index in [-0.39, 0.29) is 5.91 Å². The van der Waals surface area contributed by atoms with Gasteiger partial charge in [0.2, 0.25) is 0 Å². The number of amides is 1. The number of hydrogen-bond donors (Lipinski definition) is 1. The summed E-state index contributed by atoms with van der Waals surface area (Å²) >= 11 is 0. The van der Waals surface area contributed by atoms with E-state index in [1.807, 2.05) is 23.4 Å². The highest BCUT2D eigenvalue weighted by Gasteiger charge is 2.31. The molecule has 0 radical (unpaired) electrons. The Hall–Kier alpha value is -2.21. The smallest absolute Gasteiger partial charge is 0.274 e. The number of aromatic amines is 1. The maximum atomic E-state index is 12.9. The molecule has 1 saturated carbocycles. The number of H-pyrrole nitrogens is 1. The number of nitrogens with zero attached hydrogens (tertiary/aromatic N) is 4. The lowest BCUT2D eigenvalue weighted by Crippen LogP contribution is -2.49. The zero-order valence-corrected chi connectivity index (χ0v) is 15.4. The Morgan fingerprint density at radius 3 is 2.85 bits per heavy atom. The molecule has 0 spiro atoms. The molecular weight excluding hydrogens is 326 g/mol. The van der Waals surface area contributed by atoms with E-state index in [0.29, 0.717) is 17.7 Å². The van der Waals surface area contributed by atoms with E-state index in [1.165, 1.54) is 18.4 Å². The van der Waals surface area contributed by atoms with Gasteiger partial charge in [0.1, 0.15) is 5.69 Å². The van der Waals surface area contributed by atoms with Gasteiger partial charge in [-0.2, -0.15) is 5.10 Å². The van der Waals surface area contributed by atoms with Crippen LogP contribution in [0.4, 0.5) is 0 Å². The van der Waals surface area contributed by atoms with Crippen molar-refractivity contribution in [3.05, 3.63) is 47.5 Å². The quantitative estimate of drug-likeness (QED) is 0.867. The molecule has 2 aromatic heterocycles. The van der Waals surface area contributed by atoms with E-state index in [2.05, 4.69) is 39.1 Å². The lowest BCUT2D eigenvalue weighted by Gasteiger charge is -2.38. The van der Waals surface area contributed by atoms with Crippen LogP contribution in [0.5, 0.6) is 0 Å². The van der Waals surface area contributed by atoms with Crippen molar-refractivity contribution in [3.8, 4) is 0 Å². The molecule has 2 fully saturated rings. The third-order valence-corrected chi connectivity index (χ3v) is 5.58. The van der Waals surface area contributed by atoms with Crippen LogP contribution in [0.1, 0.15) is 60.3 Å². The van der Waals surface area contributed by atoms with Gasteiger partial charge >= 0.3 is 0 Å². The molecule has 26 heavy (non-hydrogen) atoms. The number of carbonyl (C=O) groups excluding carboxylic acids is 1. The minimum atomic E-state index is 0.0674. The molecule has 0 bridgehead atoms. The molecule has 3 heterocycles. The minimum Gasteiger partial charge on any atom is -0.336 e. The number of rotatable bonds is 6. The first-order chi connectivity index (χ1) is 12.7. The zero-order valence-electron chi connectivity index (χ0n) is 15.4. The maximum Gasteiger partial charge on any atom is 0.274 e. The molecular formula is C20H27N5O. The monoisotopic (exact) mass is 353 g/mol. The van der Waals surface area contributed by atoms with E-state index in [0.717, 1.165) is 44.7 Å². The van der Waals surface area contributed by atoms with E-state index in [1.54, 1.807) is 0 Å². The van der Waals surface area contributed by atoms with Gasteiger partial charge in [-0.05, 0) is 56.0 Å².